The summed E-state index contributed by atoms with van der Waals surface area (Å²) in [4.78, 5) is 12.9. The molecule has 1 fully saturated rings. The molecule has 1 heterocycles. The van der Waals surface area contributed by atoms with Gasteiger partial charge in [0.25, 0.3) is 0 Å². The van der Waals surface area contributed by atoms with Crippen molar-refractivity contribution in [3.05, 3.63) is 95.4 Å². The molecule has 0 amide bonds. The number of para-hydroxylation sites is 1. The monoisotopic (exact) mass is 522 g/mol. The SMILES string of the molecule is CCCCC1CCC(C(=O)Oc2ccc3c(c2)OC(N)=C(C#N)C3c2cccc(Oc3ccccc3)c2)CC1. The van der Waals surface area contributed by atoms with Gasteiger partial charge in [-0.2, -0.15) is 5.26 Å². The van der Waals surface area contributed by atoms with E-state index in [0.717, 1.165) is 48.5 Å². The number of nitrogens with two attached hydrogens (primary N) is 1. The highest BCUT2D eigenvalue weighted by atomic mass is 16.5. The van der Waals surface area contributed by atoms with Gasteiger partial charge >= 0.3 is 5.97 Å². The van der Waals surface area contributed by atoms with Gasteiger partial charge in [0, 0.05) is 11.6 Å². The molecule has 0 radical (unpaired) electrons. The maximum atomic E-state index is 12.9. The number of carbonyl (C=O) groups excluding carboxylic acids is 1. The number of hydrogen-bond donors (Lipinski definition) is 1. The molecule has 1 aliphatic heterocycles. The fraction of sp³-hybridized carbons (Fsp3) is 0.333. The van der Waals surface area contributed by atoms with Gasteiger partial charge in [-0.05, 0) is 67.5 Å². The Bertz CT molecular complexity index is 1380. The first-order valence-electron chi connectivity index (χ1n) is 13.8. The highest BCUT2D eigenvalue weighted by molar-refractivity contribution is 5.75. The zero-order valence-corrected chi connectivity index (χ0v) is 22.3. The molecule has 0 saturated heterocycles. The number of carbonyl (C=O) groups is 1. The van der Waals surface area contributed by atoms with E-state index in [1.54, 1.807) is 12.1 Å². The van der Waals surface area contributed by atoms with Crippen LogP contribution in [0.3, 0.4) is 0 Å². The van der Waals surface area contributed by atoms with Crippen LogP contribution in [0.4, 0.5) is 0 Å². The van der Waals surface area contributed by atoms with Crippen molar-refractivity contribution in [3.8, 4) is 29.1 Å². The Kier molecular flexibility index (Phi) is 8.17. The second kappa shape index (κ2) is 12.1. The molecule has 5 rings (SSSR count). The number of esters is 1. The van der Waals surface area contributed by atoms with Crippen LogP contribution in [0.2, 0.25) is 0 Å². The molecule has 39 heavy (non-hydrogen) atoms. The molecular formula is C33H34N2O4. The first-order chi connectivity index (χ1) is 19.1. The lowest BCUT2D eigenvalue weighted by Crippen LogP contribution is -2.26. The molecule has 0 aromatic heterocycles. The van der Waals surface area contributed by atoms with Crippen molar-refractivity contribution in [2.45, 2.75) is 57.8 Å². The summed E-state index contributed by atoms with van der Waals surface area (Å²) in [6, 6.07) is 24.7. The van der Waals surface area contributed by atoms with Crippen molar-refractivity contribution < 1.29 is 19.0 Å². The number of allylic oxidation sites excluding steroid dienone is 1. The average molecular weight is 523 g/mol. The molecule has 1 aliphatic carbocycles. The van der Waals surface area contributed by atoms with Crippen LogP contribution in [-0.4, -0.2) is 5.97 Å². The Labute approximate surface area is 230 Å². The van der Waals surface area contributed by atoms with Gasteiger partial charge in [-0.1, -0.05) is 62.6 Å². The summed E-state index contributed by atoms with van der Waals surface area (Å²) in [6.45, 7) is 2.22. The summed E-state index contributed by atoms with van der Waals surface area (Å²) >= 11 is 0. The maximum absolute atomic E-state index is 12.9. The largest absolute Gasteiger partial charge is 0.457 e. The minimum atomic E-state index is -0.443. The molecule has 2 aliphatic rings. The molecular weight excluding hydrogens is 488 g/mol. The van der Waals surface area contributed by atoms with E-state index in [0.29, 0.717) is 22.8 Å². The van der Waals surface area contributed by atoms with E-state index in [1.165, 1.54) is 19.3 Å². The fourth-order valence-electron chi connectivity index (χ4n) is 5.60. The number of fused-ring (bicyclic) bond motifs is 1. The summed E-state index contributed by atoms with van der Waals surface area (Å²) in [5, 5.41) is 9.94. The van der Waals surface area contributed by atoms with Crippen LogP contribution in [-0.2, 0) is 4.79 Å². The highest BCUT2D eigenvalue weighted by Gasteiger charge is 2.32. The first-order valence-corrected chi connectivity index (χ1v) is 13.8. The van der Waals surface area contributed by atoms with Gasteiger partial charge in [-0.25, -0.2) is 0 Å². The number of hydrogen-bond acceptors (Lipinski definition) is 6. The Morgan fingerprint density at radius 1 is 0.974 bits per heavy atom. The minimum Gasteiger partial charge on any atom is -0.457 e. The van der Waals surface area contributed by atoms with E-state index in [4.69, 9.17) is 19.9 Å². The summed E-state index contributed by atoms with van der Waals surface area (Å²) < 4.78 is 17.7. The molecule has 6 nitrogen and oxygen atoms in total. The predicted octanol–water partition coefficient (Wildman–Crippen LogP) is 7.60. The van der Waals surface area contributed by atoms with Gasteiger partial charge in [0.15, 0.2) is 0 Å². The van der Waals surface area contributed by atoms with Crippen molar-refractivity contribution in [2.24, 2.45) is 17.6 Å². The third-order valence-electron chi connectivity index (χ3n) is 7.73. The second-order valence-electron chi connectivity index (χ2n) is 10.4. The topological polar surface area (TPSA) is 94.6 Å². The number of benzene rings is 3. The number of ether oxygens (including phenoxy) is 3. The van der Waals surface area contributed by atoms with Crippen LogP contribution < -0.4 is 19.9 Å². The Balaban J connectivity index is 1.34. The van der Waals surface area contributed by atoms with Gasteiger partial charge in [0.05, 0.1) is 11.8 Å². The van der Waals surface area contributed by atoms with Gasteiger partial charge in [0.1, 0.15) is 34.6 Å². The summed E-state index contributed by atoms with van der Waals surface area (Å²) in [6.07, 6.45) is 7.64. The van der Waals surface area contributed by atoms with Crippen LogP contribution in [0.5, 0.6) is 23.0 Å². The van der Waals surface area contributed by atoms with Crippen LogP contribution in [0.25, 0.3) is 0 Å². The average Bonchev–Trinajstić information content (AvgIpc) is 2.96. The van der Waals surface area contributed by atoms with E-state index in [9.17, 15) is 10.1 Å². The van der Waals surface area contributed by atoms with Crippen LogP contribution >= 0.6 is 0 Å². The number of rotatable bonds is 8. The van der Waals surface area contributed by atoms with Gasteiger partial charge < -0.3 is 19.9 Å². The third kappa shape index (κ3) is 6.09. The van der Waals surface area contributed by atoms with Crippen LogP contribution in [0, 0.1) is 23.2 Å². The summed E-state index contributed by atoms with van der Waals surface area (Å²) in [5.74, 6) is 2.32. The molecule has 1 unspecified atom stereocenters. The normalized spacial score (nSPS) is 20.4. The first kappa shape index (κ1) is 26.4. The Morgan fingerprint density at radius 2 is 1.74 bits per heavy atom. The minimum absolute atomic E-state index is 0.0401. The van der Waals surface area contributed by atoms with E-state index in [1.807, 2.05) is 60.7 Å². The zero-order valence-electron chi connectivity index (χ0n) is 22.3. The number of unbranched alkanes of at least 4 members (excludes halogenated alkanes) is 1. The smallest absolute Gasteiger partial charge is 0.314 e. The predicted molar refractivity (Wildman–Crippen MR) is 149 cm³/mol. The van der Waals surface area contributed by atoms with Crippen molar-refractivity contribution in [1.29, 1.82) is 5.26 Å². The molecule has 3 aromatic carbocycles. The van der Waals surface area contributed by atoms with Crippen molar-refractivity contribution in [1.82, 2.24) is 0 Å². The van der Waals surface area contributed by atoms with E-state index in [2.05, 4.69) is 13.0 Å². The second-order valence-corrected chi connectivity index (χ2v) is 10.4. The van der Waals surface area contributed by atoms with Crippen molar-refractivity contribution >= 4 is 5.97 Å². The molecule has 6 heteroatoms. The van der Waals surface area contributed by atoms with E-state index in [-0.39, 0.29) is 17.8 Å². The number of nitrogens with zero attached hydrogens (tertiary/aromatic N) is 1. The Hall–Kier alpha value is -4.24. The molecule has 2 N–H and O–H groups in total. The molecule has 1 saturated carbocycles. The fourth-order valence-corrected chi connectivity index (χ4v) is 5.60. The highest BCUT2D eigenvalue weighted by Crippen LogP contribution is 2.44. The van der Waals surface area contributed by atoms with Gasteiger partial charge in [-0.15, -0.1) is 0 Å². The van der Waals surface area contributed by atoms with Gasteiger partial charge in [-0.3, -0.25) is 4.79 Å². The molecule has 3 aromatic rings. The quantitative estimate of drug-likeness (QED) is 0.242. The van der Waals surface area contributed by atoms with Crippen LogP contribution in [0.15, 0.2) is 84.3 Å². The van der Waals surface area contributed by atoms with Crippen molar-refractivity contribution in [2.75, 3.05) is 0 Å². The lowest BCUT2D eigenvalue weighted by molar-refractivity contribution is -0.140. The van der Waals surface area contributed by atoms with E-state index >= 15 is 0 Å². The lowest BCUT2D eigenvalue weighted by atomic mass is 9.80. The van der Waals surface area contributed by atoms with Gasteiger partial charge in [0.2, 0.25) is 5.88 Å². The Morgan fingerprint density at radius 3 is 2.49 bits per heavy atom. The third-order valence-corrected chi connectivity index (χ3v) is 7.73. The van der Waals surface area contributed by atoms with Crippen molar-refractivity contribution in [3.63, 3.8) is 0 Å². The molecule has 200 valence electrons. The molecule has 1 atom stereocenters. The zero-order chi connectivity index (χ0) is 27.2. The van der Waals surface area contributed by atoms with Crippen LogP contribution in [0.1, 0.15) is 68.9 Å². The lowest BCUT2D eigenvalue weighted by Gasteiger charge is -2.28. The summed E-state index contributed by atoms with van der Waals surface area (Å²) in [5.41, 5.74) is 8.15. The summed E-state index contributed by atoms with van der Waals surface area (Å²) in [7, 11) is 0. The molecule has 0 bridgehead atoms. The standard InChI is InChI=1S/C33H34N2O4/c1-2-3-8-22-13-15-23(16-14-22)33(36)38-27-17-18-28-30(20-27)39-32(35)29(21-34)31(28)24-9-7-12-26(19-24)37-25-10-5-4-6-11-25/h4-7,9-12,17-20,22-23,31H,2-3,8,13-16,35H2,1H3. The number of nitriles is 1. The molecule has 0 spiro atoms. The van der Waals surface area contributed by atoms with E-state index < -0.39 is 5.92 Å². The maximum Gasteiger partial charge on any atom is 0.314 e.